The fourth-order valence-electron chi connectivity index (χ4n) is 1.69. The summed E-state index contributed by atoms with van der Waals surface area (Å²) in [6.07, 6.45) is 1.22. The smallest absolute Gasteiger partial charge is 0.106 e. The van der Waals surface area contributed by atoms with Gasteiger partial charge in [-0.2, -0.15) is 11.8 Å². The molecule has 1 unspecified atom stereocenters. The van der Waals surface area contributed by atoms with Crippen molar-refractivity contribution in [3.63, 3.8) is 0 Å². The van der Waals surface area contributed by atoms with Crippen LogP contribution < -0.4 is 11.1 Å². The highest BCUT2D eigenvalue weighted by Gasteiger charge is 2.16. The fourth-order valence-corrected chi connectivity index (χ4v) is 3.02. The lowest BCUT2D eigenvalue weighted by Gasteiger charge is -2.15. The van der Waals surface area contributed by atoms with Gasteiger partial charge >= 0.3 is 0 Å². The highest BCUT2D eigenvalue weighted by Crippen LogP contribution is 2.23. The highest BCUT2D eigenvalue weighted by atomic mass is 32.2. The molecule has 1 heterocycles. The predicted octanol–water partition coefficient (Wildman–Crippen LogP) is 2.24. The van der Waals surface area contributed by atoms with Crippen LogP contribution in [-0.2, 0) is 0 Å². The third-order valence-corrected chi connectivity index (χ3v) is 3.86. The molecule has 0 bridgehead atoms. The summed E-state index contributed by atoms with van der Waals surface area (Å²) >= 11 is 7.01. The standard InChI is InChI=1S/C11H14N2S2/c12-11(14)9-3-1-2-4-10(9)13-8-5-6-15-7-8/h1-4,8,13H,5-7H2,(H2,12,14). The van der Waals surface area contributed by atoms with Gasteiger partial charge in [0.05, 0.1) is 0 Å². The average molecular weight is 238 g/mol. The first kappa shape index (κ1) is 10.8. The minimum atomic E-state index is 0.462. The van der Waals surface area contributed by atoms with Gasteiger partial charge in [-0.3, -0.25) is 0 Å². The Morgan fingerprint density at radius 1 is 1.47 bits per heavy atom. The molecule has 0 radical (unpaired) electrons. The zero-order valence-corrected chi connectivity index (χ0v) is 10.0. The zero-order chi connectivity index (χ0) is 10.7. The topological polar surface area (TPSA) is 38.0 Å². The minimum Gasteiger partial charge on any atom is -0.389 e. The molecule has 2 rings (SSSR count). The van der Waals surface area contributed by atoms with Crippen LogP contribution in [0.3, 0.4) is 0 Å². The molecule has 2 nitrogen and oxygen atoms in total. The molecule has 1 atom stereocenters. The molecule has 1 aromatic carbocycles. The first-order chi connectivity index (χ1) is 7.27. The number of nitrogens with one attached hydrogen (secondary N) is 1. The van der Waals surface area contributed by atoms with E-state index < -0.39 is 0 Å². The number of para-hydroxylation sites is 1. The van der Waals surface area contributed by atoms with Crippen molar-refractivity contribution in [3.05, 3.63) is 29.8 Å². The van der Waals surface area contributed by atoms with Crippen LogP contribution in [0.25, 0.3) is 0 Å². The first-order valence-corrected chi connectivity index (χ1v) is 6.57. The maximum Gasteiger partial charge on any atom is 0.106 e. The Kier molecular flexibility index (Phi) is 3.49. The van der Waals surface area contributed by atoms with Crippen LogP contribution in [0.2, 0.25) is 0 Å². The Morgan fingerprint density at radius 3 is 2.93 bits per heavy atom. The van der Waals surface area contributed by atoms with E-state index in [1.54, 1.807) is 0 Å². The van der Waals surface area contributed by atoms with Crippen molar-refractivity contribution in [1.82, 2.24) is 0 Å². The second-order valence-corrected chi connectivity index (χ2v) is 5.20. The van der Waals surface area contributed by atoms with Gasteiger partial charge in [0, 0.05) is 23.0 Å². The van der Waals surface area contributed by atoms with E-state index in [9.17, 15) is 0 Å². The van der Waals surface area contributed by atoms with Gasteiger partial charge in [-0.15, -0.1) is 0 Å². The third-order valence-electron chi connectivity index (χ3n) is 2.48. The van der Waals surface area contributed by atoms with Crippen molar-refractivity contribution in [2.75, 3.05) is 16.8 Å². The van der Waals surface area contributed by atoms with Crippen molar-refractivity contribution in [3.8, 4) is 0 Å². The number of thioether (sulfide) groups is 1. The van der Waals surface area contributed by atoms with Crippen molar-refractivity contribution >= 4 is 34.7 Å². The van der Waals surface area contributed by atoms with Crippen molar-refractivity contribution in [1.29, 1.82) is 0 Å². The molecule has 4 heteroatoms. The fraction of sp³-hybridized carbons (Fsp3) is 0.364. The quantitative estimate of drug-likeness (QED) is 0.792. The van der Waals surface area contributed by atoms with Crippen molar-refractivity contribution < 1.29 is 0 Å². The molecule has 0 amide bonds. The second-order valence-electron chi connectivity index (χ2n) is 3.61. The normalized spacial score (nSPS) is 20.1. The summed E-state index contributed by atoms with van der Waals surface area (Å²) in [6, 6.07) is 8.53. The van der Waals surface area contributed by atoms with Gasteiger partial charge in [-0.05, 0) is 24.3 Å². The molecule has 0 saturated carbocycles. The average Bonchev–Trinajstić information content (AvgIpc) is 2.71. The number of rotatable bonds is 3. The van der Waals surface area contributed by atoms with Gasteiger partial charge in [-0.25, -0.2) is 0 Å². The molecule has 0 aromatic heterocycles. The summed E-state index contributed by atoms with van der Waals surface area (Å²) in [7, 11) is 0. The van der Waals surface area contributed by atoms with E-state index in [1.165, 1.54) is 17.9 Å². The van der Waals surface area contributed by atoms with Crippen molar-refractivity contribution in [2.45, 2.75) is 12.5 Å². The monoisotopic (exact) mass is 238 g/mol. The lowest BCUT2D eigenvalue weighted by molar-refractivity contribution is 0.813. The molecule has 1 saturated heterocycles. The number of thiocarbonyl (C=S) groups is 1. The van der Waals surface area contributed by atoms with Crippen LogP contribution in [0.5, 0.6) is 0 Å². The van der Waals surface area contributed by atoms with Crippen LogP contribution in [0, 0.1) is 0 Å². The Bertz CT molecular complexity index is 359. The molecule has 0 spiro atoms. The SMILES string of the molecule is NC(=S)c1ccccc1NC1CCSC1. The first-order valence-electron chi connectivity index (χ1n) is 5.00. The van der Waals surface area contributed by atoms with Crippen LogP contribution in [0.4, 0.5) is 5.69 Å². The lowest BCUT2D eigenvalue weighted by Crippen LogP contribution is -2.21. The van der Waals surface area contributed by atoms with E-state index >= 15 is 0 Å². The van der Waals surface area contributed by atoms with Crippen LogP contribution in [-0.4, -0.2) is 22.5 Å². The lowest BCUT2D eigenvalue weighted by atomic mass is 10.1. The van der Waals surface area contributed by atoms with Gasteiger partial charge < -0.3 is 11.1 Å². The molecule has 1 aromatic rings. The Hall–Kier alpha value is -0.740. The van der Waals surface area contributed by atoms with Gasteiger partial charge in [0.2, 0.25) is 0 Å². The second kappa shape index (κ2) is 4.86. The van der Waals surface area contributed by atoms with E-state index in [0.29, 0.717) is 11.0 Å². The molecular formula is C11H14N2S2. The number of anilines is 1. The Labute approximate surface area is 99.6 Å². The number of benzene rings is 1. The Balaban J connectivity index is 2.15. The van der Waals surface area contributed by atoms with E-state index in [-0.39, 0.29) is 0 Å². The maximum absolute atomic E-state index is 5.68. The van der Waals surface area contributed by atoms with Crippen LogP contribution in [0.15, 0.2) is 24.3 Å². The molecule has 1 fully saturated rings. The van der Waals surface area contributed by atoms with Crippen LogP contribution in [0.1, 0.15) is 12.0 Å². The molecule has 3 N–H and O–H groups in total. The summed E-state index contributed by atoms with van der Waals surface area (Å²) in [6.45, 7) is 0. The molecule has 80 valence electrons. The Morgan fingerprint density at radius 2 is 2.27 bits per heavy atom. The van der Waals surface area contributed by atoms with Crippen molar-refractivity contribution in [2.24, 2.45) is 5.73 Å². The molecule has 0 aliphatic carbocycles. The molecule has 15 heavy (non-hydrogen) atoms. The van der Waals surface area contributed by atoms with Gasteiger partial charge in [0.15, 0.2) is 0 Å². The molecule has 1 aliphatic rings. The third kappa shape index (κ3) is 2.63. The van der Waals surface area contributed by atoms with E-state index in [2.05, 4.69) is 5.32 Å². The van der Waals surface area contributed by atoms with Gasteiger partial charge in [0.1, 0.15) is 4.99 Å². The van der Waals surface area contributed by atoms with Gasteiger partial charge in [-0.1, -0.05) is 24.4 Å². The molecule has 1 aliphatic heterocycles. The summed E-state index contributed by atoms with van der Waals surface area (Å²) in [5, 5.41) is 3.50. The van der Waals surface area contributed by atoms with Crippen LogP contribution >= 0.6 is 24.0 Å². The highest BCUT2D eigenvalue weighted by molar-refractivity contribution is 7.99. The summed E-state index contributed by atoms with van der Waals surface area (Å²) in [5.74, 6) is 2.42. The van der Waals surface area contributed by atoms with E-state index in [4.69, 9.17) is 18.0 Å². The van der Waals surface area contributed by atoms with E-state index in [0.717, 1.165) is 11.3 Å². The number of hydrogen-bond acceptors (Lipinski definition) is 3. The number of nitrogens with two attached hydrogens (primary N) is 1. The van der Waals surface area contributed by atoms with Gasteiger partial charge in [0.25, 0.3) is 0 Å². The number of hydrogen-bond donors (Lipinski definition) is 2. The summed E-state index contributed by atoms with van der Waals surface area (Å²) < 4.78 is 0. The summed E-state index contributed by atoms with van der Waals surface area (Å²) in [5.41, 5.74) is 7.69. The zero-order valence-electron chi connectivity index (χ0n) is 8.40. The van der Waals surface area contributed by atoms with E-state index in [1.807, 2.05) is 36.0 Å². The minimum absolute atomic E-state index is 0.462. The molecular weight excluding hydrogens is 224 g/mol. The summed E-state index contributed by atoms with van der Waals surface area (Å²) in [4.78, 5) is 0.462. The maximum atomic E-state index is 5.68. The predicted molar refractivity (Wildman–Crippen MR) is 71.7 cm³/mol. The largest absolute Gasteiger partial charge is 0.389 e.